The van der Waals surface area contributed by atoms with Gasteiger partial charge in [0.25, 0.3) is 0 Å². The zero-order chi connectivity index (χ0) is 29.0. The third-order valence-corrected chi connectivity index (χ3v) is 9.55. The van der Waals surface area contributed by atoms with Crippen LogP contribution in [0.4, 0.5) is 28.4 Å². The van der Waals surface area contributed by atoms with Gasteiger partial charge in [-0.3, -0.25) is 0 Å². The molecule has 0 amide bonds. The van der Waals surface area contributed by atoms with Gasteiger partial charge in [-0.25, -0.2) is 0 Å². The first kappa shape index (κ1) is 25.0. The molecular formula is C40H26N2OS. The quantitative estimate of drug-likeness (QED) is 0.219. The topological polar surface area (TPSA) is 28.4 Å². The van der Waals surface area contributed by atoms with Crippen molar-refractivity contribution in [3.63, 3.8) is 0 Å². The van der Waals surface area contributed by atoms with E-state index >= 15 is 0 Å². The van der Waals surface area contributed by atoms with E-state index < -0.39 is 0 Å². The highest BCUT2D eigenvalue weighted by molar-refractivity contribution is 7.25. The Hall–Kier alpha value is -5.58. The molecule has 208 valence electrons. The van der Waals surface area contributed by atoms with E-state index in [0.717, 1.165) is 44.7 Å². The van der Waals surface area contributed by atoms with E-state index in [0.29, 0.717) is 0 Å². The highest BCUT2D eigenvalue weighted by atomic mass is 32.1. The molecule has 1 N–H and O–H groups in total. The zero-order valence-corrected chi connectivity index (χ0v) is 24.5. The number of anilines is 5. The highest BCUT2D eigenvalue weighted by Gasteiger charge is 2.17. The molecular weight excluding hydrogens is 557 g/mol. The molecule has 0 aliphatic rings. The van der Waals surface area contributed by atoms with Crippen molar-refractivity contribution in [2.45, 2.75) is 0 Å². The number of nitrogens with one attached hydrogen (secondary N) is 1. The van der Waals surface area contributed by atoms with Crippen LogP contribution in [-0.4, -0.2) is 0 Å². The molecule has 0 aliphatic carbocycles. The second-order valence-corrected chi connectivity index (χ2v) is 12.2. The molecule has 0 aliphatic heterocycles. The lowest BCUT2D eigenvalue weighted by atomic mass is 10.1. The average Bonchev–Trinajstić information content (AvgIpc) is 3.64. The number of para-hydroxylation sites is 3. The molecule has 0 fully saturated rings. The molecule has 2 heterocycles. The van der Waals surface area contributed by atoms with E-state index in [4.69, 9.17) is 4.42 Å². The Morgan fingerprint density at radius 2 is 1.27 bits per heavy atom. The van der Waals surface area contributed by atoms with Crippen molar-refractivity contribution in [3.8, 4) is 0 Å². The maximum Gasteiger partial charge on any atom is 0.158 e. The van der Waals surface area contributed by atoms with Crippen LogP contribution in [0.1, 0.15) is 0 Å². The fourth-order valence-corrected chi connectivity index (χ4v) is 7.52. The Morgan fingerprint density at radius 1 is 0.500 bits per heavy atom. The van der Waals surface area contributed by atoms with Crippen LogP contribution in [0.25, 0.3) is 52.9 Å². The van der Waals surface area contributed by atoms with Gasteiger partial charge in [-0.15, -0.1) is 11.3 Å². The van der Waals surface area contributed by atoms with Gasteiger partial charge in [-0.2, -0.15) is 0 Å². The number of fused-ring (bicyclic) bond motifs is 7. The van der Waals surface area contributed by atoms with E-state index in [1.807, 2.05) is 23.5 Å². The van der Waals surface area contributed by atoms with E-state index in [2.05, 4.69) is 150 Å². The first-order valence-corrected chi connectivity index (χ1v) is 15.6. The molecule has 0 bridgehead atoms. The van der Waals surface area contributed by atoms with Gasteiger partial charge in [0.2, 0.25) is 0 Å². The lowest BCUT2D eigenvalue weighted by Gasteiger charge is -2.27. The fourth-order valence-electron chi connectivity index (χ4n) is 6.39. The molecule has 9 rings (SSSR count). The van der Waals surface area contributed by atoms with Crippen molar-refractivity contribution in [2.24, 2.45) is 0 Å². The maximum atomic E-state index is 6.26. The van der Waals surface area contributed by atoms with E-state index in [1.165, 1.54) is 36.6 Å². The predicted octanol–water partition coefficient (Wildman–Crippen LogP) is 12.3. The smallest absolute Gasteiger partial charge is 0.158 e. The largest absolute Gasteiger partial charge is 0.454 e. The molecule has 0 saturated carbocycles. The Kier molecular flexibility index (Phi) is 5.68. The number of furan rings is 1. The molecule has 0 spiro atoms. The van der Waals surface area contributed by atoms with E-state index in [9.17, 15) is 0 Å². The Balaban J connectivity index is 1.15. The van der Waals surface area contributed by atoms with Crippen LogP contribution in [0.15, 0.2) is 156 Å². The van der Waals surface area contributed by atoms with Crippen molar-refractivity contribution in [3.05, 3.63) is 152 Å². The minimum absolute atomic E-state index is 0.879. The van der Waals surface area contributed by atoms with Crippen LogP contribution in [-0.2, 0) is 0 Å². The summed E-state index contributed by atoms with van der Waals surface area (Å²) in [5, 5.41) is 10.9. The summed E-state index contributed by atoms with van der Waals surface area (Å²) >= 11 is 1.83. The fraction of sp³-hybridized carbons (Fsp3) is 0. The van der Waals surface area contributed by atoms with Gasteiger partial charge < -0.3 is 14.6 Å². The van der Waals surface area contributed by atoms with Crippen molar-refractivity contribution < 1.29 is 4.42 Å². The maximum absolute atomic E-state index is 6.26. The summed E-state index contributed by atoms with van der Waals surface area (Å²) in [5.41, 5.74) is 7.23. The molecule has 3 nitrogen and oxygen atoms in total. The normalized spacial score (nSPS) is 11.6. The second-order valence-electron chi connectivity index (χ2n) is 11.1. The third kappa shape index (κ3) is 4.03. The van der Waals surface area contributed by atoms with Gasteiger partial charge >= 0.3 is 0 Å². The number of thiophene rings is 1. The van der Waals surface area contributed by atoms with Crippen LogP contribution in [0, 0.1) is 0 Å². The van der Waals surface area contributed by atoms with Crippen LogP contribution < -0.4 is 10.2 Å². The summed E-state index contributed by atoms with van der Waals surface area (Å²) in [5.74, 6) is 0. The highest BCUT2D eigenvalue weighted by Crippen LogP contribution is 2.43. The van der Waals surface area contributed by atoms with Crippen LogP contribution in [0.5, 0.6) is 0 Å². The third-order valence-electron chi connectivity index (χ3n) is 8.42. The number of hydrogen-bond acceptors (Lipinski definition) is 4. The molecule has 9 aromatic rings. The van der Waals surface area contributed by atoms with Crippen molar-refractivity contribution in [2.75, 3.05) is 10.2 Å². The molecule has 0 unspecified atom stereocenters. The number of nitrogens with zero attached hydrogens (tertiary/aromatic N) is 1. The second kappa shape index (κ2) is 10.0. The summed E-state index contributed by atoms with van der Waals surface area (Å²) in [6.45, 7) is 0. The Labute approximate surface area is 258 Å². The van der Waals surface area contributed by atoms with Gasteiger partial charge in [-0.05, 0) is 66.0 Å². The summed E-state index contributed by atoms with van der Waals surface area (Å²) in [4.78, 5) is 2.37. The lowest BCUT2D eigenvalue weighted by Crippen LogP contribution is -2.10. The molecule has 2 aromatic heterocycles. The van der Waals surface area contributed by atoms with Crippen LogP contribution >= 0.6 is 11.3 Å². The summed E-state index contributed by atoms with van der Waals surface area (Å²) in [6.07, 6.45) is 0. The summed E-state index contributed by atoms with van der Waals surface area (Å²) < 4.78 is 8.78. The molecule has 0 saturated heterocycles. The van der Waals surface area contributed by atoms with E-state index in [-0.39, 0.29) is 0 Å². The van der Waals surface area contributed by atoms with Crippen molar-refractivity contribution >= 4 is 92.7 Å². The van der Waals surface area contributed by atoms with Gasteiger partial charge in [0.05, 0.1) is 11.4 Å². The lowest BCUT2D eigenvalue weighted by molar-refractivity contribution is 0.670. The first-order chi connectivity index (χ1) is 21.8. The summed E-state index contributed by atoms with van der Waals surface area (Å²) in [7, 11) is 0. The first-order valence-electron chi connectivity index (χ1n) is 14.8. The monoisotopic (exact) mass is 582 g/mol. The molecule has 7 aromatic carbocycles. The van der Waals surface area contributed by atoms with Crippen molar-refractivity contribution in [1.82, 2.24) is 0 Å². The van der Waals surface area contributed by atoms with Gasteiger partial charge in [0.15, 0.2) is 5.58 Å². The zero-order valence-electron chi connectivity index (χ0n) is 23.7. The molecule has 4 heteroatoms. The Bertz CT molecular complexity index is 2490. The van der Waals surface area contributed by atoms with Crippen LogP contribution in [0.3, 0.4) is 0 Å². The minimum atomic E-state index is 0.879. The standard InChI is InChI=1S/C40H26N2OS/c1-2-12-28(13-3-1)42(36-18-8-11-26-10-4-5-14-30(26)36)29-21-23-38-34(25-29)32-22-20-27(24-39(32)44-38)41-35-17-9-16-33-31-15-6-7-19-37(31)43-40(33)35/h1-25,41H. The molecule has 0 atom stereocenters. The predicted molar refractivity (Wildman–Crippen MR) is 189 cm³/mol. The van der Waals surface area contributed by atoms with E-state index in [1.54, 1.807) is 0 Å². The molecule has 0 radical (unpaired) electrons. The average molecular weight is 583 g/mol. The minimum Gasteiger partial charge on any atom is -0.454 e. The SMILES string of the molecule is c1ccc(N(c2ccc3sc4cc(Nc5cccc6c5oc5ccccc56)ccc4c3c2)c2cccc3ccccc23)cc1. The van der Waals surface area contributed by atoms with Gasteiger partial charge in [-0.1, -0.05) is 91.0 Å². The van der Waals surface area contributed by atoms with Gasteiger partial charge in [0, 0.05) is 53.4 Å². The van der Waals surface area contributed by atoms with Crippen molar-refractivity contribution in [1.29, 1.82) is 0 Å². The number of rotatable bonds is 5. The van der Waals surface area contributed by atoms with Gasteiger partial charge in [0.1, 0.15) is 5.58 Å². The molecule has 44 heavy (non-hydrogen) atoms. The number of hydrogen-bond donors (Lipinski definition) is 1. The number of benzene rings is 7. The van der Waals surface area contributed by atoms with Crippen LogP contribution in [0.2, 0.25) is 0 Å². The Morgan fingerprint density at radius 3 is 2.20 bits per heavy atom. The summed E-state index contributed by atoms with van der Waals surface area (Å²) in [6, 6.07) is 53.8.